The van der Waals surface area contributed by atoms with Crippen LogP contribution in [0.25, 0.3) is 0 Å². The molecule has 0 unspecified atom stereocenters. The molecule has 1 aromatic carbocycles. The first kappa shape index (κ1) is 16.5. The van der Waals surface area contributed by atoms with Crippen LogP contribution in [0.2, 0.25) is 15.2 Å². The fourth-order valence-corrected chi connectivity index (χ4v) is 2.07. The molecule has 1 heterocycles. The number of anilines is 2. The molecular formula is C14H10Cl3N3O2. The van der Waals surface area contributed by atoms with Gasteiger partial charge in [0.15, 0.2) is 0 Å². The van der Waals surface area contributed by atoms with Gasteiger partial charge in [-0.2, -0.15) is 0 Å². The van der Waals surface area contributed by atoms with Gasteiger partial charge in [0.05, 0.1) is 21.3 Å². The third-order valence-corrected chi connectivity index (χ3v) is 3.61. The number of pyridine rings is 1. The van der Waals surface area contributed by atoms with Gasteiger partial charge in [-0.25, -0.2) is 4.98 Å². The molecule has 0 radical (unpaired) electrons. The SMILES string of the molecule is CC(=O)Nc1cc(NC(=O)c2cnc(Cl)c(Cl)c2)ccc1Cl. The van der Waals surface area contributed by atoms with Crippen LogP contribution < -0.4 is 10.6 Å². The van der Waals surface area contributed by atoms with E-state index < -0.39 is 5.91 Å². The van der Waals surface area contributed by atoms with Crippen molar-refractivity contribution in [2.45, 2.75) is 6.92 Å². The first-order valence-electron chi connectivity index (χ1n) is 6.06. The molecule has 2 N–H and O–H groups in total. The number of nitrogens with one attached hydrogen (secondary N) is 2. The van der Waals surface area contributed by atoms with Crippen molar-refractivity contribution < 1.29 is 9.59 Å². The predicted octanol–water partition coefficient (Wildman–Crippen LogP) is 4.25. The van der Waals surface area contributed by atoms with Gasteiger partial charge in [-0.1, -0.05) is 34.8 Å². The minimum atomic E-state index is -0.415. The summed E-state index contributed by atoms with van der Waals surface area (Å²) >= 11 is 17.5. The van der Waals surface area contributed by atoms with E-state index >= 15 is 0 Å². The van der Waals surface area contributed by atoms with Crippen LogP contribution in [-0.4, -0.2) is 16.8 Å². The number of benzene rings is 1. The van der Waals surface area contributed by atoms with Crippen molar-refractivity contribution in [3.8, 4) is 0 Å². The number of carbonyl (C=O) groups is 2. The van der Waals surface area contributed by atoms with Crippen molar-refractivity contribution >= 4 is 58.0 Å². The summed E-state index contributed by atoms with van der Waals surface area (Å²) < 4.78 is 0. The summed E-state index contributed by atoms with van der Waals surface area (Å²) in [7, 11) is 0. The lowest BCUT2D eigenvalue weighted by Gasteiger charge is -2.09. The van der Waals surface area contributed by atoms with Gasteiger partial charge >= 0.3 is 0 Å². The van der Waals surface area contributed by atoms with E-state index in [0.717, 1.165) is 0 Å². The number of rotatable bonds is 3. The van der Waals surface area contributed by atoms with Crippen molar-refractivity contribution in [1.82, 2.24) is 4.98 Å². The van der Waals surface area contributed by atoms with E-state index in [1.165, 1.54) is 19.2 Å². The Morgan fingerprint density at radius 2 is 1.77 bits per heavy atom. The maximum atomic E-state index is 12.1. The number of amides is 2. The molecular weight excluding hydrogens is 349 g/mol. The van der Waals surface area contributed by atoms with Crippen LogP contribution in [0.1, 0.15) is 17.3 Å². The monoisotopic (exact) mass is 357 g/mol. The number of carbonyl (C=O) groups excluding carboxylic acids is 2. The zero-order chi connectivity index (χ0) is 16.3. The quantitative estimate of drug-likeness (QED) is 0.806. The Balaban J connectivity index is 2.21. The molecule has 0 atom stereocenters. The molecule has 2 aromatic rings. The van der Waals surface area contributed by atoms with Gasteiger partial charge in [-0.3, -0.25) is 9.59 Å². The molecule has 0 fully saturated rings. The largest absolute Gasteiger partial charge is 0.325 e. The van der Waals surface area contributed by atoms with E-state index in [9.17, 15) is 9.59 Å². The number of hydrogen-bond donors (Lipinski definition) is 2. The zero-order valence-electron chi connectivity index (χ0n) is 11.3. The summed E-state index contributed by atoms with van der Waals surface area (Å²) in [5.74, 6) is -0.679. The zero-order valence-corrected chi connectivity index (χ0v) is 13.6. The lowest BCUT2D eigenvalue weighted by atomic mass is 10.2. The second kappa shape index (κ2) is 6.96. The molecule has 0 spiro atoms. The van der Waals surface area contributed by atoms with Crippen molar-refractivity contribution in [2.75, 3.05) is 10.6 Å². The van der Waals surface area contributed by atoms with Crippen LogP contribution in [0.3, 0.4) is 0 Å². The van der Waals surface area contributed by atoms with Crippen LogP contribution in [0.5, 0.6) is 0 Å². The van der Waals surface area contributed by atoms with Crippen LogP contribution in [0, 0.1) is 0 Å². The molecule has 0 bridgehead atoms. The molecule has 0 saturated carbocycles. The van der Waals surface area contributed by atoms with Gasteiger partial charge in [0.2, 0.25) is 5.91 Å². The Labute approximate surface area is 141 Å². The summed E-state index contributed by atoms with van der Waals surface area (Å²) in [5.41, 5.74) is 1.12. The Hall–Kier alpha value is -1.82. The second-order valence-corrected chi connectivity index (χ2v) is 5.50. The highest BCUT2D eigenvalue weighted by molar-refractivity contribution is 6.41. The van der Waals surface area contributed by atoms with Crippen molar-refractivity contribution in [3.63, 3.8) is 0 Å². The molecule has 8 heteroatoms. The summed E-state index contributed by atoms with van der Waals surface area (Å²) in [6.45, 7) is 1.36. The summed E-state index contributed by atoms with van der Waals surface area (Å²) in [4.78, 5) is 27.0. The summed E-state index contributed by atoms with van der Waals surface area (Å²) in [6, 6.07) is 6.13. The minimum Gasteiger partial charge on any atom is -0.325 e. The van der Waals surface area contributed by atoms with E-state index in [4.69, 9.17) is 34.8 Å². The molecule has 1 aromatic heterocycles. The van der Waals surface area contributed by atoms with E-state index in [1.807, 2.05) is 0 Å². The highest BCUT2D eigenvalue weighted by Crippen LogP contribution is 2.26. The van der Waals surface area contributed by atoms with Crippen LogP contribution in [-0.2, 0) is 4.79 Å². The van der Waals surface area contributed by atoms with Crippen LogP contribution in [0.15, 0.2) is 30.5 Å². The Kier molecular flexibility index (Phi) is 5.24. The smallest absolute Gasteiger partial charge is 0.257 e. The van der Waals surface area contributed by atoms with Gasteiger partial charge < -0.3 is 10.6 Å². The first-order chi connectivity index (χ1) is 10.4. The fourth-order valence-electron chi connectivity index (χ4n) is 1.64. The summed E-state index contributed by atoms with van der Waals surface area (Å²) in [6.07, 6.45) is 1.31. The van der Waals surface area contributed by atoms with E-state index in [-0.39, 0.29) is 21.6 Å². The van der Waals surface area contributed by atoms with Gasteiger partial charge in [0, 0.05) is 18.8 Å². The van der Waals surface area contributed by atoms with Crippen LogP contribution >= 0.6 is 34.8 Å². The molecule has 0 aliphatic rings. The number of nitrogens with zero attached hydrogens (tertiary/aromatic N) is 1. The van der Waals surface area contributed by atoms with Crippen molar-refractivity contribution in [2.24, 2.45) is 0 Å². The number of aromatic nitrogens is 1. The Morgan fingerprint density at radius 3 is 2.41 bits per heavy atom. The Bertz CT molecular complexity index is 750. The minimum absolute atomic E-state index is 0.123. The lowest BCUT2D eigenvalue weighted by molar-refractivity contribution is -0.114. The average Bonchev–Trinajstić information content (AvgIpc) is 2.45. The summed E-state index contributed by atoms with van der Waals surface area (Å²) in [5, 5.41) is 5.90. The third-order valence-electron chi connectivity index (χ3n) is 2.59. The first-order valence-corrected chi connectivity index (χ1v) is 7.19. The molecule has 0 aliphatic heterocycles. The maximum absolute atomic E-state index is 12.1. The van der Waals surface area contributed by atoms with Crippen molar-refractivity contribution in [1.29, 1.82) is 0 Å². The van der Waals surface area contributed by atoms with Gasteiger partial charge in [0.25, 0.3) is 5.91 Å². The van der Waals surface area contributed by atoms with Crippen molar-refractivity contribution in [3.05, 3.63) is 51.2 Å². The molecule has 0 aliphatic carbocycles. The van der Waals surface area contributed by atoms with E-state index in [2.05, 4.69) is 15.6 Å². The highest BCUT2D eigenvalue weighted by atomic mass is 35.5. The topological polar surface area (TPSA) is 71.1 Å². The van der Waals surface area contributed by atoms with Gasteiger partial charge in [-0.05, 0) is 24.3 Å². The highest BCUT2D eigenvalue weighted by Gasteiger charge is 2.11. The van der Waals surface area contributed by atoms with Gasteiger partial charge in [-0.15, -0.1) is 0 Å². The molecule has 0 saturated heterocycles. The third kappa shape index (κ3) is 4.10. The molecule has 2 rings (SSSR count). The molecule has 5 nitrogen and oxygen atoms in total. The number of halogens is 3. The van der Waals surface area contributed by atoms with Crippen LogP contribution in [0.4, 0.5) is 11.4 Å². The lowest BCUT2D eigenvalue weighted by Crippen LogP contribution is -2.13. The fraction of sp³-hybridized carbons (Fsp3) is 0.0714. The average molecular weight is 359 g/mol. The van der Waals surface area contributed by atoms with E-state index in [0.29, 0.717) is 16.4 Å². The molecule has 2 amide bonds. The maximum Gasteiger partial charge on any atom is 0.257 e. The normalized spacial score (nSPS) is 10.2. The van der Waals surface area contributed by atoms with E-state index in [1.54, 1.807) is 18.2 Å². The molecule has 22 heavy (non-hydrogen) atoms. The Morgan fingerprint density at radius 1 is 1.05 bits per heavy atom. The standard InChI is InChI=1S/C14H10Cl3N3O2/c1-7(21)19-12-5-9(2-3-10(12)15)20-14(22)8-4-11(16)13(17)18-6-8/h2-6H,1H3,(H,19,21)(H,20,22). The second-order valence-electron chi connectivity index (χ2n) is 4.33. The molecule has 114 valence electrons. The van der Waals surface area contributed by atoms with Gasteiger partial charge in [0.1, 0.15) is 5.15 Å². The number of hydrogen-bond acceptors (Lipinski definition) is 3. The predicted molar refractivity (Wildman–Crippen MR) is 88.0 cm³/mol.